The Kier molecular flexibility index (Phi) is 2.22. The molecule has 0 radical (unpaired) electrons. The van der Waals surface area contributed by atoms with Crippen molar-refractivity contribution in [2.24, 2.45) is 0 Å². The Morgan fingerprint density at radius 3 is 2.73 bits per heavy atom. The fourth-order valence-corrected chi connectivity index (χ4v) is 2.46. The molecule has 1 saturated carbocycles. The van der Waals surface area contributed by atoms with Crippen LogP contribution in [-0.4, -0.2) is 4.98 Å². The number of hydrogen-bond acceptors (Lipinski definition) is 2. The van der Waals surface area contributed by atoms with E-state index >= 15 is 0 Å². The molecule has 1 aliphatic rings. The quantitative estimate of drug-likeness (QED) is 0.626. The van der Waals surface area contributed by atoms with Crippen LogP contribution in [0.1, 0.15) is 43.7 Å². The van der Waals surface area contributed by atoms with Crippen LogP contribution in [-0.2, 0) is 0 Å². The van der Waals surface area contributed by atoms with Gasteiger partial charge in [0.15, 0.2) is 0 Å². The summed E-state index contributed by atoms with van der Waals surface area (Å²) >= 11 is 1.72. The molecule has 0 N–H and O–H groups in total. The van der Waals surface area contributed by atoms with Gasteiger partial charge in [-0.05, 0) is 12.8 Å². The van der Waals surface area contributed by atoms with Gasteiger partial charge < -0.3 is 0 Å². The van der Waals surface area contributed by atoms with Crippen LogP contribution >= 0.6 is 11.3 Å². The molecule has 1 heterocycles. The number of thiazole rings is 1. The maximum atomic E-state index is 4.36. The third kappa shape index (κ3) is 1.62. The summed E-state index contributed by atoms with van der Waals surface area (Å²) in [5.74, 6) is 0.787. The van der Waals surface area contributed by atoms with Crippen LogP contribution in [0.15, 0.2) is 10.9 Å². The van der Waals surface area contributed by atoms with Crippen LogP contribution in [0.25, 0.3) is 0 Å². The zero-order valence-electron chi connectivity index (χ0n) is 6.62. The minimum atomic E-state index is 0.787. The summed E-state index contributed by atoms with van der Waals surface area (Å²) in [5.41, 5.74) is 3.29. The third-order valence-corrected chi connectivity index (χ3v) is 3.08. The minimum absolute atomic E-state index is 0.787. The fraction of sp³-hybridized carbons (Fsp3) is 0.667. The first-order valence-electron chi connectivity index (χ1n) is 4.35. The summed E-state index contributed by atoms with van der Waals surface area (Å²) in [5, 5.41) is 2.20. The second kappa shape index (κ2) is 3.35. The van der Waals surface area contributed by atoms with Crippen LogP contribution in [0.3, 0.4) is 0 Å². The number of hydrogen-bond donors (Lipinski definition) is 0. The highest BCUT2D eigenvalue weighted by atomic mass is 32.1. The number of rotatable bonds is 1. The summed E-state index contributed by atoms with van der Waals surface area (Å²) in [6.45, 7) is 0. The molecule has 0 saturated heterocycles. The summed E-state index contributed by atoms with van der Waals surface area (Å²) in [7, 11) is 0. The molecular weight excluding hydrogens is 154 g/mol. The molecule has 0 amide bonds. The van der Waals surface area contributed by atoms with Crippen LogP contribution in [0.2, 0.25) is 0 Å². The lowest BCUT2D eigenvalue weighted by Gasteiger charge is -2.19. The standard InChI is InChI=1S/C9H13NS/c1-2-4-8(5-3-1)9-6-11-7-10-9/h6-8H,1-5H2. The Morgan fingerprint density at radius 1 is 1.27 bits per heavy atom. The highest BCUT2D eigenvalue weighted by molar-refractivity contribution is 7.07. The SMILES string of the molecule is c1nc(C2CCCCC2)cs1. The maximum Gasteiger partial charge on any atom is 0.0794 e. The smallest absolute Gasteiger partial charge is 0.0794 e. The van der Waals surface area contributed by atoms with Gasteiger partial charge in [0.25, 0.3) is 0 Å². The molecule has 11 heavy (non-hydrogen) atoms. The zero-order valence-corrected chi connectivity index (χ0v) is 7.44. The molecule has 1 nitrogen and oxygen atoms in total. The molecule has 1 aliphatic carbocycles. The Bertz CT molecular complexity index is 199. The van der Waals surface area contributed by atoms with Crippen molar-refractivity contribution in [1.82, 2.24) is 4.98 Å². The summed E-state index contributed by atoms with van der Waals surface area (Å²) in [6, 6.07) is 0. The van der Waals surface area contributed by atoms with E-state index in [1.807, 2.05) is 5.51 Å². The molecule has 0 bridgehead atoms. The molecular formula is C9H13NS. The van der Waals surface area contributed by atoms with Crippen molar-refractivity contribution in [1.29, 1.82) is 0 Å². The van der Waals surface area contributed by atoms with Gasteiger partial charge in [-0.15, -0.1) is 11.3 Å². The van der Waals surface area contributed by atoms with Crippen molar-refractivity contribution in [3.63, 3.8) is 0 Å². The van der Waals surface area contributed by atoms with E-state index in [-0.39, 0.29) is 0 Å². The Balaban J connectivity index is 2.04. The van der Waals surface area contributed by atoms with E-state index in [1.165, 1.54) is 37.8 Å². The second-order valence-corrected chi connectivity index (χ2v) is 3.97. The molecule has 0 atom stereocenters. The molecule has 0 aliphatic heterocycles. The minimum Gasteiger partial charge on any atom is -0.249 e. The fourth-order valence-electron chi connectivity index (χ4n) is 1.82. The van der Waals surface area contributed by atoms with E-state index in [9.17, 15) is 0 Å². The van der Waals surface area contributed by atoms with Crippen molar-refractivity contribution in [2.45, 2.75) is 38.0 Å². The van der Waals surface area contributed by atoms with E-state index < -0.39 is 0 Å². The van der Waals surface area contributed by atoms with E-state index in [1.54, 1.807) is 11.3 Å². The van der Waals surface area contributed by atoms with Gasteiger partial charge in [0, 0.05) is 11.3 Å². The molecule has 1 fully saturated rings. The molecule has 1 aromatic heterocycles. The monoisotopic (exact) mass is 167 g/mol. The lowest BCUT2D eigenvalue weighted by atomic mass is 9.87. The Labute approximate surface area is 71.5 Å². The molecule has 60 valence electrons. The Morgan fingerprint density at radius 2 is 2.09 bits per heavy atom. The van der Waals surface area contributed by atoms with E-state index in [0.717, 1.165) is 5.92 Å². The Hall–Kier alpha value is -0.370. The lowest BCUT2D eigenvalue weighted by molar-refractivity contribution is 0.438. The second-order valence-electron chi connectivity index (χ2n) is 3.25. The first-order valence-corrected chi connectivity index (χ1v) is 5.29. The van der Waals surface area contributed by atoms with Gasteiger partial charge in [-0.25, -0.2) is 4.98 Å². The predicted molar refractivity (Wildman–Crippen MR) is 47.9 cm³/mol. The van der Waals surface area contributed by atoms with Crippen molar-refractivity contribution in [3.05, 3.63) is 16.6 Å². The predicted octanol–water partition coefficient (Wildman–Crippen LogP) is 3.19. The lowest BCUT2D eigenvalue weighted by Crippen LogP contribution is -2.04. The highest BCUT2D eigenvalue weighted by Gasteiger charge is 2.16. The van der Waals surface area contributed by atoms with Crippen LogP contribution in [0, 0.1) is 0 Å². The number of aromatic nitrogens is 1. The summed E-state index contributed by atoms with van der Waals surface area (Å²) in [6.07, 6.45) is 6.97. The highest BCUT2D eigenvalue weighted by Crippen LogP contribution is 2.31. The van der Waals surface area contributed by atoms with Crippen LogP contribution in [0.4, 0.5) is 0 Å². The van der Waals surface area contributed by atoms with Gasteiger partial charge in [0.1, 0.15) is 0 Å². The normalized spacial score (nSPS) is 20.4. The molecule has 2 rings (SSSR count). The van der Waals surface area contributed by atoms with Gasteiger partial charge in [-0.3, -0.25) is 0 Å². The van der Waals surface area contributed by atoms with Crippen LogP contribution < -0.4 is 0 Å². The summed E-state index contributed by atoms with van der Waals surface area (Å²) in [4.78, 5) is 4.36. The van der Waals surface area contributed by atoms with Crippen LogP contribution in [0.5, 0.6) is 0 Å². The largest absolute Gasteiger partial charge is 0.249 e. The molecule has 0 spiro atoms. The number of nitrogens with zero attached hydrogens (tertiary/aromatic N) is 1. The molecule has 1 aromatic rings. The van der Waals surface area contributed by atoms with Gasteiger partial charge in [0.2, 0.25) is 0 Å². The van der Waals surface area contributed by atoms with E-state index in [4.69, 9.17) is 0 Å². The van der Waals surface area contributed by atoms with E-state index in [2.05, 4.69) is 10.4 Å². The molecule has 2 heteroatoms. The first-order chi connectivity index (χ1) is 5.47. The average molecular weight is 167 g/mol. The topological polar surface area (TPSA) is 12.9 Å². The van der Waals surface area contributed by atoms with Crippen molar-refractivity contribution < 1.29 is 0 Å². The van der Waals surface area contributed by atoms with Crippen molar-refractivity contribution >= 4 is 11.3 Å². The van der Waals surface area contributed by atoms with Gasteiger partial charge in [-0.1, -0.05) is 19.3 Å². The summed E-state index contributed by atoms with van der Waals surface area (Å²) < 4.78 is 0. The molecule has 0 unspecified atom stereocenters. The van der Waals surface area contributed by atoms with Gasteiger partial charge >= 0.3 is 0 Å². The zero-order chi connectivity index (χ0) is 7.52. The first kappa shape index (κ1) is 7.29. The third-order valence-electron chi connectivity index (χ3n) is 2.47. The van der Waals surface area contributed by atoms with Gasteiger partial charge in [0.05, 0.1) is 11.2 Å². The average Bonchev–Trinajstić information content (AvgIpc) is 2.58. The van der Waals surface area contributed by atoms with Gasteiger partial charge in [-0.2, -0.15) is 0 Å². The van der Waals surface area contributed by atoms with Crippen molar-refractivity contribution in [2.75, 3.05) is 0 Å². The van der Waals surface area contributed by atoms with E-state index in [0.29, 0.717) is 0 Å². The molecule has 0 aromatic carbocycles. The maximum absolute atomic E-state index is 4.36. The van der Waals surface area contributed by atoms with Crippen molar-refractivity contribution in [3.8, 4) is 0 Å².